The third-order valence-corrected chi connectivity index (χ3v) is 8.13. The minimum atomic E-state index is -1.19. The molecule has 0 unspecified atom stereocenters. The molecule has 1 fully saturated rings. The molecule has 2 aromatic rings. The van der Waals surface area contributed by atoms with E-state index in [-0.39, 0.29) is 56.8 Å². The van der Waals surface area contributed by atoms with Crippen LogP contribution in [-0.4, -0.2) is 103 Å². The molecule has 2 bridgehead atoms. The van der Waals surface area contributed by atoms with Crippen molar-refractivity contribution in [2.75, 3.05) is 52.5 Å². The Labute approximate surface area is 264 Å². The Bertz CT molecular complexity index is 1340. The molecule has 0 aromatic heterocycles. The van der Waals surface area contributed by atoms with Gasteiger partial charge in [0.25, 0.3) is 11.8 Å². The summed E-state index contributed by atoms with van der Waals surface area (Å²) >= 11 is 0. The van der Waals surface area contributed by atoms with Crippen LogP contribution in [0, 0.1) is 12.8 Å². The Morgan fingerprint density at radius 2 is 1.82 bits per heavy atom. The number of nitrogens with one attached hydrogen (secondary N) is 3. The van der Waals surface area contributed by atoms with E-state index in [2.05, 4.69) is 22.9 Å². The van der Waals surface area contributed by atoms with Crippen molar-refractivity contribution in [3.05, 3.63) is 59.2 Å². The van der Waals surface area contributed by atoms with Crippen molar-refractivity contribution in [2.45, 2.75) is 52.3 Å². The Morgan fingerprint density at radius 3 is 2.58 bits per heavy atom. The summed E-state index contributed by atoms with van der Waals surface area (Å²) in [5, 5.41) is 18.6. The fourth-order valence-corrected chi connectivity index (χ4v) is 5.30. The van der Waals surface area contributed by atoms with Gasteiger partial charge in [0.2, 0.25) is 11.8 Å². The summed E-state index contributed by atoms with van der Waals surface area (Å²) in [6.45, 7) is 8.08. The molecule has 0 saturated carbocycles. The lowest BCUT2D eigenvalue weighted by atomic mass is 9.99. The maximum Gasteiger partial charge on any atom is 0.260 e. The summed E-state index contributed by atoms with van der Waals surface area (Å²) in [5.41, 5.74) is 1.87. The van der Waals surface area contributed by atoms with Crippen LogP contribution in [0.1, 0.15) is 48.2 Å². The predicted molar refractivity (Wildman–Crippen MR) is 168 cm³/mol. The first-order valence-corrected chi connectivity index (χ1v) is 15.6. The molecule has 2 aliphatic rings. The summed E-state index contributed by atoms with van der Waals surface area (Å²) in [6, 6.07) is 11.1. The second-order valence-electron chi connectivity index (χ2n) is 11.8. The number of hydrogen-bond acceptors (Lipinski definition) is 8. The number of carbonyl (C=O) groups is 4. The first-order valence-electron chi connectivity index (χ1n) is 15.6. The minimum Gasteiger partial charge on any atom is -0.491 e. The lowest BCUT2D eigenvalue weighted by Gasteiger charge is -2.30. The van der Waals surface area contributed by atoms with Crippen molar-refractivity contribution in [1.29, 1.82) is 0 Å². The maximum atomic E-state index is 13.0. The van der Waals surface area contributed by atoms with Crippen LogP contribution in [0.25, 0.3) is 0 Å². The van der Waals surface area contributed by atoms with Gasteiger partial charge < -0.3 is 35.4 Å². The second-order valence-corrected chi connectivity index (χ2v) is 11.8. The average molecular weight is 624 g/mol. The fourth-order valence-electron chi connectivity index (χ4n) is 5.30. The number of piperidine rings is 1. The van der Waals surface area contributed by atoms with E-state index < -0.39 is 24.0 Å². The molecule has 0 radical (unpaired) electrons. The number of amides is 4. The molecule has 2 aliphatic heterocycles. The number of rotatable bonds is 6. The lowest BCUT2D eigenvalue weighted by Crippen LogP contribution is -2.53. The summed E-state index contributed by atoms with van der Waals surface area (Å²) in [7, 11) is 0. The maximum absolute atomic E-state index is 13.0. The van der Waals surface area contributed by atoms with Crippen molar-refractivity contribution in [2.24, 2.45) is 5.92 Å². The zero-order valence-corrected chi connectivity index (χ0v) is 26.3. The van der Waals surface area contributed by atoms with Gasteiger partial charge in [0.05, 0.1) is 19.2 Å². The van der Waals surface area contributed by atoms with E-state index in [0.717, 1.165) is 37.1 Å². The number of aryl methyl sites for hydroxylation is 1. The Hall–Kier alpha value is -4.16. The number of ether oxygens (including phenoxy) is 2. The van der Waals surface area contributed by atoms with Gasteiger partial charge in [0.15, 0.2) is 6.61 Å². The molecular weight excluding hydrogens is 578 g/mol. The number of aliphatic hydroxyl groups is 1. The summed E-state index contributed by atoms with van der Waals surface area (Å²) in [5.74, 6) is 0.284. The normalized spacial score (nSPS) is 20.2. The highest BCUT2D eigenvalue weighted by Gasteiger charge is 2.27. The zero-order valence-electron chi connectivity index (χ0n) is 26.3. The molecule has 4 N–H and O–H groups in total. The fraction of sp³-hybridized carbons (Fsp3) is 0.515. The van der Waals surface area contributed by atoms with Crippen LogP contribution in [-0.2, 0) is 20.9 Å². The average Bonchev–Trinajstić information content (AvgIpc) is 3.01. The minimum absolute atomic E-state index is 0.0280. The summed E-state index contributed by atoms with van der Waals surface area (Å²) < 4.78 is 11.8. The highest BCUT2D eigenvalue weighted by molar-refractivity contribution is 5.98. The van der Waals surface area contributed by atoms with E-state index in [1.54, 1.807) is 24.3 Å². The monoisotopic (exact) mass is 623 g/mol. The van der Waals surface area contributed by atoms with Gasteiger partial charge in [0, 0.05) is 43.9 Å². The molecule has 0 aliphatic carbocycles. The highest BCUT2D eigenvalue weighted by atomic mass is 16.5. The Kier molecular flexibility index (Phi) is 12.2. The zero-order chi connectivity index (χ0) is 32.3. The number of likely N-dealkylation sites (tertiary alicyclic amines) is 1. The van der Waals surface area contributed by atoms with Gasteiger partial charge in [-0.2, -0.15) is 0 Å². The van der Waals surface area contributed by atoms with Crippen LogP contribution < -0.4 is 25.4 Å². The van der Waals surface area contributed by atoms with Crippen molar-refractivity contribution in [3.63, 3.8) is 0 Å². The molecular formula is C33H45N5O7. The number of benzene rings is 2. The van der Waals surface area contributed by atoms with Gasteiger partial charge >= 0.3 is 0 Å². The van der Waals surface area contributed by atoms with Crippen molar-refractivity contribution < 1.29 is 33.8 Å². The number of aliphatic hydroxyl groups excluding tert-OH is 1. The van der Waals surface area contributed by atoms with E-state index in [9.17, 15) is 24.3 Å². The van der Waals surface area contributed by atoms with Crippen LogP contribution in [0.3, 0.4) is 0 Å². The Morgan fingerprint density at radius 1 is 1.07 bits per heavy atom. The molecule has 0 spiro atoms. The molecule has 4 amide bonds. The SMILES string of the molecule is Cc1ccc2cc1OCCNC(=O)CN(Cc1ccccc1OCC(=O)N1CCC(C)CC1)CCNC(=O)[C@H]([C@@H](C)O)NC2=O. The van der Waals surface area contributed by atoms with Gasteiger partial charge in [-0.15, -0.1) is 0 Å². The number of nitrogens with zero attached hydrogens (tertiary/aromatic N) is 2. The first-order chi connectivity index (χ1) is 21.6. The van der Waals surface area contributed by atoms with Gasteiger partial charge in [0.1, 0.15) is 24.1 Å². The lowest BCUT2D eigenvalue weighted by molar-refractivity contribution is -0.134. The van der Waals surface area contributed by atoms with Crippen molar-refractivity contribution in [3.8, 4) is 11.5 Å². The van der Waals surface area contributed by atoms with Crippen LogP contribution >= 0.6 is 0 Å². The molecule has 244 valence electrons. The molecule has 45 heavy (non-hydrogen) atoms. The van der Waals surface area contributed by atoms with Gasteiger partial charge in [-0.25, -0.2) is 0 Å². The van der Waals surface area contributed by atoms with Crippen molar-refractivity contribution >= 4 is 23.6 Å². The van der Waals surface area contributed by atoms with E-state index >= 15 is 0 Å². The molecule has 2 aromatic carbocycles. The highest BCUT2D eigenvalue weighted by Crippen LogP contribution is 2.22. The molecule has 1 saturated heterocycles. The number of carbonyl (C=O) groups excluding carboxylic acids is 4. The first kappa shape index (κ1) is 33.7. The Balaban J connectivity index is 1.45. The van der Waals surface area contributed by atoms with Gasteiger partial charge in [-0.1, -0.05) is 31.2 Å². The molecule has 12 nitrogen and oxygen atoms in total. The predicted octanol–water partition coefficient (Wildman–Crippen LogP) is 1.24. The van der Waals surface area contributed by atoms with Gasteiger partial charge in [-0.05, 0) is 56.4 Å². The molecule has 2 atom stereocenters. The van der Waals surface area contributed by atoms with Crippen LogP contribution in [0.2, 0.25) is 0 Å². The van der Waals surface area contributed by atoms with Crippen LogP contribution in [0.5, 0.6) is 11.5 Å². The van der Waals surface area contributed by atoms with Crippen LogP contribution in [0.4, 0.5) is 0 Å². The summed E-state index contributed by atoms with van der Waals surface area (Å²) in [6.07, 6.45) is 0.817. The largest absolute Gasteiger partial charge is 0.491 e. The van der Waals surface area contributed by atoms with Crippen molar-refractivity contribution in [1.82, 2.24) is 25.8 Å². The third kappa shape index (κ3) is 9.92. The van der Waals surface area contributed by atoms with E-state index in [4.69, 9.17) is 9.47 Å². The van der Waals surface area contributed by atoms with E-state index in [0.29, 0.717) is 24.0 Å². The number of fused-ring (bicyclic) bond motifs is 2. The molecule has 12 heteroatoms. The van der Waals surface area contributed by atoms with Gasteiger partial charge in [-0.3, -0.25) is 24.1 Å². The molecule has 4 rings (SSSR count). The van der Waals surface area contributed by atoms with Crippen LogP contribution in [0.15, 0.2) is 42.5 Å². The topological polar surface area (TPSA) is 150 Å². The quantitative estimate of drug-likeness (QED) is 0.376. The standard InChI is InChI=1S/C33H45N5O7/c1-22-10-14-38(15-11-22)30(41)21-45-27-7-5-4-6-26(27)19-37-16-12-35-33(43)31(24(3)39)36-32(42)25-9-8-23(2)28(18-25)44-17-13-34-29(40)20-37/h4-9,18,22,24,31,39H,10-17,19-21H2,1-3H3,(H,34,40)(H,35,43)(H,36,42)/t24-,31+/m1/s1. The third-order valence-electron chi connectivity index (χ3n) is 8.13. The summed E-state index contributed by atoms with van der Waals surface area (Å²) in [4.78, 5) is 55.5. The number of para-hydroxylation sites is 1. The molecule has 2 heterocycles. The second kappa shape index (κ2) is 16.2. The van der Waals surface area contributed by atoms with E-state index in [1.165, 1.54) is 6.92 Å². The number of hydrogen-bond donors (Lipinski definition) is 4. The van der Waals surface area contributed by atoms with E-state index in [1.807, 2.05) is 34.9 Å². The smallest absolute Gasteiger partial charge is 0.260 e.